The van der Waals surface area contributed by atoms with E-state index in [-0.39, 0.29) is 0 Å². The molecule has 0 bridgehead atoms. The molecule has 3 rings (SSSR count). The number of carbonyl (C=O) groups is 1. The van der Waals surface area contributed by atoms with Gasteiger partial charge in [-0.1, -0.05) is 113 Å². The van der Waals surface area contributed by atoms with E-state index < -0.39 is 5.54 Å². The highest BCUT2D eigenvalue weighted by Gasteiger charge is 2.35. The molecular formula is C24H25NOS2. The Kier molecular flexibility index (Phi) is 8.22. The summed E-state index contributed by atoms with van der Waals surface area (Å²) in [6.07, 6.45) is 1.60. The van der Waals surface area contributed by atoms with Crippen LogP contribution in [0.2, 0.25) is 0 Å². The normalized spacial score (nSPS) is 11.3. The molecule has 144 valence electrons. The number of benzene rings is 3. The Hall–Kier alpha value is -2.01. The van der Waals surface area contributed by atoms with Crippen molar-refractivity contribution in [1.29, 1.82) is 0 Å². The first-order valence-corrected chi connectivity index (χ1v) is 12.0. The lowest BCUT2D eigenvalue weighted by Gasteiger charge is -2.37. The molecule has 0 saturated carbocycles. The Balaban J connectivity index is 1.92. The van der Waals surface area contributed by atoms with Gasteiger partial charge in [0, 0.05) is 24.5 Å². The van der Waals surface area contributed by atoms with E-state index in [1.54, 1.807) is 10.8 Å². The highest BCUT2D eigenvalue weighted by Crippen LogP contribution is 2.36. The lowest BCUT2D eigenvalue weighted by molar-refractivity contribution is -0.107. The van der Waals surface area contributed by atoms with E-state index in [0.717, 1.165) is 24.3 Å². The summed E-state index contributed by atoms with van der Waals surface area (Å²) in [5, 5.41) is 3.87. The van der Waals surface area contributed by atoms with Gasteiger partial charge in [0.25, 0.3) is 0 Å². The molecule has 0 atom stereocenters. The third-order valence-corrected chi connectivity index (χ3v) is 7.04. The van der Waals surface area contributed by atoms with Gasteiger partial charge in [0.05, 0.1) is 5.54 Å². The summed E-state index contributed by atoms with van der Waals surface area (Å²) in [7, 11) is 3.58. The van der Waals surface area contributed by atoms with Crippen molar-refractivity contribution < 1.29 is 4.79 Å². The molecule has 0 amide bonds. The molecule has 2 nitrogen and oxygen atoms in total. The van der Waals surface area contributed by atoms with Crippen molar-refractivity contribution in [1.82, 2.24) is 5.32 Å². The van der Waals surface area contributed by atoms with E-state index in [1.165, 1.54) is 16.7 Å². The van der Waals surface area contributed by atoms with E-state index in [0.29, 0.717) is 6.42 Å². The Morgan fingerprint density at radius 1 is 0.679 bits per heavy atom. The molecule has 3 aromatic rings. The van der Waals surface area contributed by atoms with Crippen LogP contribution in [0.4, 0.5) is 0 Å². The van der Waals surface area contributed by atoms with Crippen LogP contribution >= 0.6 is 21.6 Å². The molecule has 4 heteroatoms. The lowest BCUT2D eigenvalue weighted by atomic mass is 9.77. The minimum atomic E-state index is -0.405. The number of nitrogens with one attached hydrogen (secondary N) is 1. The maximum atomic E-state index is 10.5. The van der Waals surface area contributed by atoms with Crippen molar-refractivity contribution in [3.05, 3.63) is 108 Å². The molecular weight excluding hydrogens is 382 g/mol. The zero-order valence-corrected chi connectivity index (χ0v) is 17.4. The zero-order chi connectivity index (χ0) is 19.5. The third-order valence-electron chi connectivity index (χ3n) is 4.60. The topological polar surface area (TPSA) is 29.1 Å². The van der Waals surface area contributed by atoms with Crippen LogP contribution in [-0.2, 0) is 10.3 Å². The van der Waals surface area contributed by atoms with Crippen molar-refractivity contribution in [2.75, 3.05) is 18.1 Å². The van der Waals surface area contributed by atoms with Gasteiger partial charge in [0.1, 0.15) is 6.29 Å². The first kappa shape index (κ1) is 20.7. The maximum Gasteiger partial charge on any atom is 0.120 e. The first-order chi connectivity index (χ1) is 13.9. The molecule has 0 fully saturated rings. The van der Waals surface area contributed by atoms with Crippen molar-refractivity contribution in [3.8, 4) is 0 Å². The Labute approximate surface area is 175 Å². The van der Waals surface area contributed by atoms with Gasteiger partial charge in [0.15, 0.2) is 0 Å². The summed E-state index contributed by atoms with van der Waals surface area (Å²) in [6, 6.07) is 31.9. The van der Waals surface area contributed by atoms with Gasteiger partial charge in [-0.2, -0.15) is 0 Å². The Bertz CT molecular complexity index is 728. The van der Waals surface area contributed by atoms with E-state index >= 15 is 0 Å². The minimum absolute atomic E-state index is 0.405. The van der Waals surface area contributed by atoms with Gasteiger partial charge in [-0.3, -0.25) is 5.32 Å². The summed E-state index contributed by atoms with van der Waals surface area (Å²) in [6.45, 7) is 0.859. The van der Waals surface area contributed by atoms with E-state index in [4.69, 9.17) is 0 Å². The monoisotopic (exact) mass is 407 g/mol. The van der Waals surface area contributed by atoms with E-state index in [9.17, 15) is 4.79 Å². The molecule has 0 unspecified atom stereocenters. The number of rotatable bonds is 11. The summed E-state index contributed by atoms with van der Waals surface area (Å²) in [4.78, 5) is 10.5. The molecule has 3 aromatic carbocycles. The molecule has 0 heterocycles. The molecule has 0 saturated heterocycles. The van der Waals surface area contributed by atoms with Crippen molar-refractivity contribution in [2.45, 2.75) is 12.0 Å². The molecule has 0 radical (unpaired) electrons. The van der Waals surface area contributed by atoms with E-state index in [2.05, 4.69) is 96.3 Å². The smallest absolute Gasteiger partial charge is 0.120 e. The Morgan fingerprint density at radius 2 is 1.11 bits per heavy atom. The van der Waals surface area contributed by atoms with Crippen LogP contribution in [0.25, 0.3) is 0 Å². The maximum absolute atomic E-state index is 10.5. The second kappa shape index (κ2) is 11.1. The zero-order valence-electron chi connectivity index (χ0n) is 15.8. The molecule has 0 aliphatic rings. The van der Waals surface area contributed by atoms with Crippen LogP contribution in [0, 0.1) is 0 Å². The quantitative estimate of drug-likeness (QED) is 0.196. The van der Waals surface area contributed by atoms with Gasteiger partial charge in [-0.05, 0) is 16.7 Å². The SMILES string of the molecule is O=CCCSSCCNC(c1ccccc1)(c1ccccc1)c1ccccc1. The molecule has 0 spiro atoms. The first-order valence-electron chi connectivity index (χ1n) is 9.47. The highest BCUT2D eigenvalue weighted by atomic mass is 33.1. The van der Waals surface area contributed by atoms with Crippen LogP contribution in [0.1, 0.15) is 23.1 Å². The summed E-state index contributed by atoms with van der Waals surface area (Å²) in [5.41, 5.74) is 3.28. The molecule has 1 N–H and O–H groups in total. The van der Waals surface area contributed by atoms with Gasteiger partial charge in [0.2, 0.25) is 0 Å². The van der Waals surface area contributed by atoms with Crippen LogP contribution in [-0.4, -0.2) is 24.3 Å². The molecule has 28 heavy (non-hydrogen) atoms. The second-order valence-corrected chi connectivity index (χ2v) is 9.08. The fraction of sp³-hybridized carbons (Fsp3) is 0.208. The molecule has 0 aliphatic carbocycles. The second-order valence-electron chi connectivity index (χ2n) is 6.37. The van der Waals surface area contributed by atoms with Gasteiger partial charge in [-0.25, -0.2) is 0 Å². The summed E-state index contributed by atoms with van der Waals surface area (Å²) < 4.78 is 0. The van der Waals surface area contributed by atoms with E-state index in [1.807, 2.05) is 10.8 Å². The number of hydrogen-bond donors (Lipinski definition) is 1. The largest absolute Gasteiger partial charge is 0.303 e. The third kappa shape index (κ3) is 5.07. The molecule has 0 aromatic heterocycles. The predicted octanol–water partition coefficient (Wildman–Crippen LogP) is 5.54. The van der Waals surface area contributed by atoms with Crippen LogP contribution in [0.5, 0.6) is 0 Å². The van der Waals surface area contributed by atoms with Crippen molar-refractivity contribution >= 4 is 27.9 Å². The fourth-order valence-corrected chi connectivity index (χ4v) is 5.22. The summed E-state index contributed by atoms with van der Waals surface area (Å²) in [5.74, 6) is 1.84. The average Bonchev–Trinajstić information content (AvgIpc) is 2.78. The fourth-order valence-electron chi connectivity index (χ4n) is 3.36. The Morgan fingerprint density at radius 3 is 1.54 bits per heavy atom. The minimum Gasteiger partial charge on any atom is -0.303 e. The average molecular weight is 408 g/mol. The number of hydrogen-bond acceptors (Lipinski definition) is 4. The van der Waals surface area contributed by atoms with Crippen LogP contribution in [0.3, 0.4) is 0 Å². The number of aldehydes is 1. The predicted molar refractivity (Wildman–Crippen MR) is 123 cm³/mol. The van der Waals surface area contributed by atoms with Crippen molar-refractivity contribution in [2.24, 2.45) is 0 Å². The lowest BCUT2D eigenvalue weighted by Crippen LogP contribution is -2.45. The van der Waals surface area contributed by atoms with Crippen LogP contribution in [0.15, 0.2) is 91.0 Å². The highest BCUT2D eigenvalue weighted by molar-refractivity contribution is 8.76. The van der Waals surface area contributed by atoms with Crippen LogP contribution < -0.4 is 5.32 Å². The molecule has 0 aliphatic heterocycles. The van der Waals surface area contributed by atoms with Gasteiger partial charge >= 0.3 is 0 Å². The standard InChI is InChI=1S/C24H25NOS2/c26-18-10-19-27-28-20-17-25-24(21-11-4-1-5-12-21,22-13-6-2-7-14-22)23-15-8-3-9-16-23/h1-9,11-16,18,25H,10,17,19-20H2. The number of carbonyl (C=O) groups excluding carboxylic acids is 1. The summed E-state index contributed by atoms with van der Waals surface area (Å²) >= 11 is 0. The van der Waals surface area contributed by atoms with Gasteiger partial charge < -0.3 is 4.79 Å². The van der Waals surface area contributed by atoms with Crippen molar-refractivity contribution in [3.63, 3.8) is 0 Å². The van der Waals surface area contributed by atoms with Gasteiger partial charge in [-0.15, -0.1) is 0 Å².